The first-order valence-electron chi connectivity index (χ1n) is 4.67. The zero-order valence-corrected chi connectivity index (χ0v) is 8.46. The second-order valence-corrected chi connectivity index (χ2v) is 3.19. The van der Waals surface area contributed by atoms with Crippen molar-refractivity contribution in [3.8, 4) is 0 Å². The Kier molecular flexibility index (Phi) is 4.78. The maximum Gasteiger partial charge on any atom is 0.411 e. The highest BCUT2D eigenvalue weighted by Gasteiger charge is 2.27. The summed E-state index contributed by atoms with van der Waals surface area (Å²) in [6, 6.07) is 3.02. The number of furan rings is 1. The fraction of sp³-hybridized carbons (Fsp3) is 0.556. The highest BCUT2D eigenvalue weighted by Crippen LogP contribution is 2.18. The predicted octanol–water partition coefficient (Wildman–Crippen LogP) is 1.75. The average Bonchev–Trinajstić information content (AvgIpc) is 2.69. The van der Waals surface area contributed by atoms with Gasteiger partial charge in [-0.15, -0.1) is 0 Å². The van der Waals surface area contributed by atoms with Crippen LogP contribution in [0, 0.1) is 0 Å². The minimum atomic E-state index is -4.30. The van der Waals surface area contributed by atoms with Crippen LogP contribution in [0.15, 0.2) is 22.8 Å². The molecular formula is C9H13F3N2O2. The molecule has 0 saturated carbocycles. The van der Waals surface area contributed by atoms with Crippen molar-refractivity contribution in [2.75, 3.05) is 13.2 Å². The third-order valence-corrected chi connectivity index (χ3v) is 1.90. The Labute approximate surface area is 90.5 Å². The first-order chi connectivity index (χ1) is 7.53. The van der Waals surface area contributed by atoms with E-state index in [0.29, 0.717) is 12.2 Å². The van der Waals surface area contributed by atoms with E-state index in [4.69, 9.17) is 10.3 Å². The van der Waals surface area contributed by atoms with Gasteiger partial charge in [-0.3, -0.25) is 5.84 Å². The van der Waals surface area contributed by atoms with Gasteiger partial charge in [-0.25, -0.2) is 5.43 Å². The normalized spacial score (nSPS) is 14.0. The summed E-state index contributed by atoms with van der Waals surface area (Å²) in [5.41, 5.74) is 2.45. The van der Waals surface area contributed by atoms with Gasteiger partial charge < -0.3 is 9.15 Å². The summed E-state index contributed by atoms with van der Waals surface area (Å²) in [7, 11) is 0. The molecule has 0 bridgehead atoms. The summed E-state index contributed by atoms with van der Waals surface area (Å²) < 4.78 is 44.8. The van der Waals surface area contributed by atoms with Gasteiger partial charge in [0.2, 0.25) is 0 Å². The average molecular weight is 238 g/mol. The number of nitrogens with one attached hydrogen (secondary N) is 1. The van der Waals surface area contributed by atoms with Crippen LogP contribution in [-0.4, -0.2) is 19.4 Å². The van der Waals surface area contributed by atoms with Crippen molar-refractivity contribution >= 4 is 0 Å². The van der Waals surface area contributed by atoms with E-state index >= 15 is 0 Å². The highest BCUT2D eigenvalue weighted by atomic mass is 19.4. The van der Waals surface area contributed by atoms with Crippen molar-refractivity contribution in [2.45, 2.75) is 18.6 Å². The molecule has 0 radical (unpaired) electrons. The Morgan fingerprint density at radius 1 is 1.50 bits per heavy atom. The molecule has 0 aliphatic carbocycles. The lowest BCUT2D eigenvalue weighted by Gasteiger charge is -2.13. The molecule has 16 heavy (non-hydrogen) atoms. The minimum Gasteiger partial charge on any atom is -0.468 e. The van der Waals surface area contributed by atoms with Crippen molar-refractivity contribution < 1.29 is 22.3 Å². The molecule has 0 aliphatic heterocycles. The molecule has 1 aromatic heterocycles. The van der Waals surface area contributed by atoms with Gasteiger partial charge in [-0.1, -0.05) is 0 Å². The molecule has 0 saturated heterocycles. The Morgan fingerprint density at radius 3 is 2.75 bits per heavy atom. The van der Waals surface area contributed by atoms with E-state index < -0.39 is 12.8 Å². The number of ether oxygens (including phenoxy) is 1. The fourth-order valence-electron chi connectivity index (χ4n) is 1.19. The largest absolute Gasteiger partial charge is 0.468 e. The van der Waals surface area contributed by atoms with E-state index in [0.717, 1.165) is 0 Å². The first-order valence-corrected chi connectivity index (χ1v) is 4.67. The van der Waals surface area contributed by atoms with Crippen molar-refractivity contribution in [3.63, 3.8) is 0 Å². The van der Waals surface area contributed by atoms with E-state index in [1.165, 1.54) is 6.26 Å². The topological polar surface area (TPSA) is 60.4 Å². The van der Waals surface area contributed by atoms with E-state index in [-0.39, 0.29) is 12.6 Å². The number of rotatable bonds is 6. The Hall–Kier alpha value is -1.05. The van der Waals surface area contributed by atoms with Gasteiger partial charge in [0.15, 0.2) is 0 Å². The van der Waals surface area contributed by atoms with Gasteiger partial charge in [0.05, 0.1) is 12.3 Å². The van der Waals surface area contributed by atoms with Crippen molar-refractivity contribution in [3.05, 3.63) is 24.2 Å². The molecule has 1 unspecified atom stereocenters. The Bertz CT molecular complexity index is 287. The lowest BCUT2D eigenvalue weighted by Crippen LogP contribution is -2.29. The smallest absolute Gasteiger partial charge is 0.411 e. The molecule has 0 aromatic carbocycles. The molecule has 7 heteroatoms. The molecule has 3 N–H and O–H groups in total. The maximum atomic E-state index is 11.8. The van der Waals surface area contributed by atoms with Crippen LogP contribution in [-0.2, 0) is 4.74 Å². The van der Waals surface area contributed by atoms with E-state index in [1.54, 1.807) is 12.1 Å². The van der Waals surface area contributed by atoms with Crippen LogP contribution < -0.4 is 11.3 Å². The van der Waals surface area contributed by atoms with Crippen LogP contribution in [0.5, 0.6) is 0 Å². The first kappa shape index (κ1) is 13.0. The van der Waals surface area contributed by atoms with Crippen LogP contribution in [0.25, 0.3) is 0 Å². The standard InChI is InChI=1S/C9H13F3N2O2/c10-9(11,12)6-15-5-3-7(14-13)8-2-1-4-16-8/h1-2,4,7,14H,3,5-6,13H2. The second-order valence-electron chi connectivity index (χ2n) is 3.19. The van der Waals surface area contributed by atoms with Crippen LogP contribution in [0.3, 0.4) is 0 Å². The van der Waals surface area contributed by atoms with E-state index in [9.17, 15) is 13.2 Å². The molecule has 1 aromatic rings. The van der Waals surface area contributed by atoms with Gasteiger partial charge in [0, 0.05) is 6.61 Å². The van der Waals surface area contributed by atoms with E-state index in [2.05, 4.69) is 10.2 Å². The Balaban J connectivity index is 2.25. The zero-order valence-electron chi connectivity index (χ0n) is 8.46. The number of hydrogen-bond acceptors (Lipinski definition) is 4. The third kappa shape index (κ3) is 4.65. The van der Waals surface area contributed by atoms with Crippen molar-refractivity contribution in [2.24, 2.45) is 5.84 Å². The lowest BCUT2D eigenvalue weighted by molar-refractivity contribution is -0.174. The van der Waals surface area contributed by atoms with Crippen LogP contribution >= 0.6 is 0 Å². The SMILES string of the molecule is NNC(CCOCC(F)(F)F)c1ccco1. The van der Waals surface area contributed by atoms with Gasteiger partial charge in [-0.2, -0.15) is 13.2 Å². The molecule has 0 aliphatic rings. The fourth-order valence-corrected chi connectivity index (χ4v) is 1.19. The number of hydrazine groups is 1. The zero-order chi connectivity index (χ0) is 12.0. The number of hydrogen-bond donors (Lipinski definition) is 2. The quantitative estimate of drug-likeness (QED) is 0.450. The third-order valence-electron chi connectivity index (χ3n) is 1.90. The highest BCUT2D eigenvalue weighted by molar-refractivity contribution is 5.03. The van der Waals surface area contributed by atoms with Crippen LogP contribution in [0.1, 0.15) is 18.2 Å². The van der Waals surface area contributed by atoms with Crippen molar-refractivity contribution in [1.82, 2.24) is 5.43 Å². The summed E-state index contributed by atoms with van der Waals surface area (Å²) in [6.07, 6.45) is -2.52. The molecule has 1 atom stereocenters. The van der Waals surface area contributed by atoms with Gasteiger partial charge in [0.1, 0.15) is 12.4 Å². The summed E-state index contributed by atoms with van der Waals surface area (Å²) in [6.45, 7) is -1.29. The van der Waals surface area contributed by atoms with Crippen LogP contribution in [0.2, 0.25) is 0 Å². The molecule has 0 spiro atoms. The number of halogens is 3. The Morgan fingerprint density at radius 2 is 2.25 bits per heavy atom. The van der Waals surface area contributed by atoms with E-state index in [1.807, 2.05) is 0 Å². The van der Waals surface area contributed by atoms with Gasteiger partial charge in [0.25, 0.3) is 0 Å². The molecular weight excluding hydrogens is 225 g/mol. The summed E-state index contributed by atoms with van der Waals surface area (Å²) in [5.74, 6) is 5.81. The van der Waals surface area contributed by atoms with Crippen LogP contribution in [0.4, 0.5) is 13.2 Å². The number of nitrogens with two attached hydrogens (primary N) is 1. The maximum absolute atomic E-state index is 11.8. The lowest BCUT2D eigenvalue weighted by atomic mass is 10.2. The summed E-state index contributed by atoms with van der Waals surface area (Å²) in [5, 5.41) is 0. The molecule has 92 valence electrons. The van der Waals surface area contributed by atoms with Gasteiger partial charge in [-0.05, 0) is 18.6 Å². The second kappa shape index (κ2) is 5.88. The molecule has 4 nitrogen and oxygen atoms in total. The van der Waals surface area contributed by atoms with Gasteiger partial charge >= 0.3 is 6.18 Å². The summed E-state index contributed by atoms with van der Waals surface area (Å²) in [4.78, 5) is 0. The molecule has 0 fully saturated rings. The monoisotopic (exact) mass is 238 g/mol. The molecule has 1 rings (SSSR count). The number of alkyl halides is 3. The molecule has 1 heterocycles. The molecule has 0 amide bonds. The summed E-state index contributed by atoms with van der Waals surface area (Å²) >= 11 is 0. The van der Waals surface area contributed by atoms with Crippen molar-refractivity contribution in [1.29, 1.82) is 0 Å². The minimum absolute atomic E-state index is 0.0466. The predicted molar refractivity (Wildman–Crippen MR) is 50.3 cm³/mol.